The Kier molecular flexibility index (Phi) is 7.46. The van der Waals surface area contributed by atoms with Crippen LogP contribution in [0.25, 0.3) is 0 Å². The molecule has 2 aliphatic heterocycles. The van der Waals surface area contributed by atoms with Crippen LogP contribution in [0.4, 0.5) is 0 Å². The summed E-state index contributed by atoms with van der Waals surface area (Å²) in [7, 11) is 0.908. The van der Waals surface area contributed by atoms with E-state index in [1.165, 1.54) is 0 Å². The summed E-state index contributed by atoms with van der Waals surface area (Å²) in [5, 5.41) is 3.35. The molecule has 3 rings (SSSR count). The van der Waals surface area contributed by atoms with Crippen molar-refractivity contribution >= 4 is 16.8 Å². The van der Waals surface area contributed by atoms with Crippen LogP contribution in [0.15, 0.2) is 35.3 Å². The van der Waals surface area contributed by atoms with Gasteiger partial charge in [0.25, 0.3) is 0 Å². The summed E-state index contributed by atoms with van der Waals surface area (Å²) in [6.45, 7) is 3.78. The summed E-state index contributed by atoms with van der Waals surface area (Å²) in [6, 6.07) is 9.97. The average molecular weight is 380 g/mol. The fourth-order valence-corrected chi connectivity index (χ4v) is 4.47. The lowest BCUT2D eigenvalue weighted by Crippen LogP contribution is -2.53. The molecule has 0 amide bonds. The second kappa shape index (κ2) is 10.0. The molecule has 0 aliphatic carbocycles. The molecule has 3 unspecified atom stereocenters. The molecule has 2 aliphatic rings. The lowest BCUT2D eigenvalue weighted by Gasteiger charge is -2.37. The molecule has 0 aromatic heterocycles. The van der Waals surface area contributed by atoms with Gasteiger partial charge in [0, 0.05) is 55.6 Å². The summed E-state index contributed by atoms with van der Waals surface area (Å²) in [5.74, 6) is 2.06. The highest BCUT2D eigenvalue weighted by atomic mass is 32.2. The van der Waals surface area contributed by atoms with Crippen molar-refractivity contribution in [1.29, 1.82) is 0 Å². The van der Waals surface area contributed by atoms with Gasteiger partial charge >= 0.3 is 0 Å². The molecule has 1 aromatic carbocycles. The molecule has 3 atom stereocenters. The van der Waals surface area contributed by atoms with Gasteiger partial charge in [-0.1, -0.05) is 30.3 Å². The minimum Gasteiger partial charge on any atom is -0.375 e. The van der Waals surface area contributed by atoms with Gasteiger partial charge in [-0.2, -0.15) is 0 Å². The van der Waals surface area contributed by atoms with E-state index in [1.54, 1.807) is 7.05 Å². The number of guanidine groups is 1. The van der Waals surface area contributed by atoms with Crippen LogP contribution < -0.4 is 5.32 Å². The van der Waals surface area contributed by atoms with Gasteiger partial charge in [-0.3, -0.25) is 9.20 Å². The molecule has 1 N–H and O–H groups in total. The Bertz CT molecular complexity index is 605. The summed E-state index contributed by atoms with van der Waals surface area (Å²) in [6.07, 6.45) is 2.50. The monoisotopic (exact) mass is 379 g/mol. The van der Waals surface area contributed by atoms with Crippen LogP contribution in [0, 0.1) is 0 Å². The van der Waals surface area contributed by atoms with Crippen molar-refractivity contribution in [2.45, 2.75) is 30.8 Å². The average Bonchev–Trinajstić information content (AvgIpc) is 3.21. The molecule has 1 aromatic rings. The highest BCUT2D eigenvalue weighted by Crippen LogP contribution is 2.21. The minimum atomic E-state index is -0.884. The lowest BCUT2D eigenvalue weighted by atomic mass is 10.1. The summed E-state index contributed by atoms with van der Waals surface area (Å²) in [5.41, 5.74) is 1.11. The topological polar surface area (TPSA) is 63.2 Å². The zero-order valence-corrected chi connectivity index (χ0v) is 16.2. The molecule has 0 saturated carbocycles. The molecule has 2 fully saturated rings. The fourth-order valence-electron chi connectivity index (χ4n) is 3.43. The molecule has 2 heterocycles. The van der Waals surface area contributed by atoms with Crippen LogP contribution in [0.2, 0.25) is 0 Å². The summed E-state index contributed by atoms with van der Waals surface area (Å²) >= 11 is 0. The SMILES string of the molecule is CN=C(NCCS(=O)Cc1ccccc1)N1CCOC(C2CCCO2)C1. The molecular weight excluding hydrogens is 350 g/mol. The largest absolute Gasteiger partial charge is 0.375 e. The molecule has 6 nitrogen and oxygen atoms in total. The summed E-state index contributed by atoms with van der Waals surface area (Å²) in [4.78, 5) is 6.61. The summed E-state index contributed by atoms with van der Waals surface area (Å²) < 4.78 is 23.9. The molecule has 0 radical (unpaired) electrons. The van der Waals surface area contributed by atoms with E-state index in [0.29, 0.717) is 24.7 Å². The first-order chi connectivity index (χ1) is 12.8. The van der Waals surface area contributed by atoms with Gasteiger partial charge in [0.05, 0.1) is 12.7 Å². The van der Waals surface area contributed by atoms with Crippen molar-refractivity contribution in [1.82, 2.24) is 10.2 Å². The number of nitrogens with zero attached hydrogens (tertiary/aromatic N) is 2. The zero-order valence-electron chi connectivity index (χ0n) is 15.4. The number of hydrogen-bond acceptors (Lipinski definition) is 4. The number of benzene rings is 1. The highest BCUT2D eigenvalue weighted by Gasteiger charge is 2.32. The Morgan fingerprint density at radius 2 is 2.08 bits per heavy atom. The molecule has 144 valence electrons. The third kappa shape index (κ3) is 5.53. The van der Waals surface area contributed by atoms with E-state index in [4.69, 9.17) is 9.47 Å². The molecular formula is C19H29N3O3S. The number of hydrogen-bond donors (Lipinski definition) is 1. The van der Waals surface area contributed by atoms with Crippen LogP contribution in [0.1, 0.15) is 18.4 Å². The first-order valence-corrected chi connectivity index (χ1v) is 10.8. The third-order valence-corrected chi connectivity index (χ3v) is 6.08. The maximum Gasteiger partial charge on any atom is 0.193 e. The van der Waals surface area contributed by atoms with Gasteiger partial charge in [-0.15, -0.1) is 0 Å². The number of rotatable bonds is 6. The van der Waals surface area contributed by atoms with E-state index < -0.39 is 10.8 Å². The third-order valence-electron chi connectivity index (χ3n) is 4.77. The van der Waals surface area contributed by atoms with Crippen molar-refractivity contribution in [3.05, 3.63) is 35.9 Å². The molecule has 0 bridgehead atoms. The van der Waals surface area contributed by atoms with E-state index in [2.05, 4.69) is 15.2 Å². The second-order valence-electron chi connectivity index (χ2n) is 6.65. The van der Waals surface area contributed by atoms with Crippen LogP contribution in [-0.2, 0) is 26.0 Å². The second-order valence-corrected chi connectivity index (χ2v) is 8.23. The van der Waals surface area contributed by atoms with Crippen molar-refractivity contribution in [2.24, 2.45) is 4.99 Å². The molecule has 2 saturated heterocycles. The van der Waals surface area contributed by atoms with E-state index in [1.807, 2.05) is 30.3 Å². The standard InChI is InChI=1S/C19H29N3O3S/c1-20-19(21-9-13-26(23)15-16-6-3-2-4-7-16)22-10-12-25-18(14-22)17-8-5-11-24-17/h2-4,6-7,17-18H,5,8-15H2,1H3,(H,20,21). The maximum atomic E-state index is 12.3. The van der Waals surface area contributed by atoms with Gasteiger partial charge in [0.2, 0.25) is 0 Å². The first kappa shape index (κ1) is 19.3. The fraction of sp³-hybridized carbons (Fsp3) is 0.632. The Morgan fingerprint density at radius 1 is 1.27 bits per heavy atom. The van der Waals surface area contributed by atoms with E-state index in [0.717, 1.165) is 44.1 Å². The number of morpholine rings is 1. The number of aliphatic imine (C=N–C) groups is 1. The number of ether oxygens (including phenoxy) is 2. The van der Waals surface area contributed by atoms with Gasteiger partial charge in [0.1, 0.15) is 6.10 Å². The zero-order chi connectivity index (χ0) is 18.2. The van der Waals surface area contributed by atoms with Crippen molar-refractivity contribution in [2.75, 3.05) is 45.6 Å². The Labute approximate surface area is 158 Å². The maximum absolute atomic E-state index is 12.3. The van der Waals surface area contributed by atoms with Crippen molar-refractivity contribution < 1.29 is 13.7 Å². The normalized spacial score (nSPS) is 25.3. The minimum absolute atomic E-state index is 0.108. The Morgan fingerprint density at radius 3 is 2.81 bits per heavy atom. The smallest absolute Gasteiger partial charge is 0.193 e. The predicted molar refractivity (Wildman–Crippen MR) is 105 cm³/mol. The van der Waals surface area contributed by atoms with Gasteiger partial charge in [-0.25, -0.2) is 0 Å². The molecule has 26 heavy (non-hydrogen) atoms. The van der Waals surface area contributed by atoms with Crippen LogP contribution >= 0.6 is 0 Å². The Hall–Kier alpha value is -1.44. The van der Waals surface area contributed by atoms with E-state index in [-0.39, 0.29) is 12.2 Å². The number of nitrogens with one attached hydrogen (secondary N) is 1. The molecule has 7 heteroatoms. The van der Waals surface area contributed by atoms with Crippen molar-refractivity contribution in [3.63, 3.8) is 0 Å². The van der Waals surface area contributed by atoms with Gasteiger partial charge in [0.15, 0.2) is 5.96 Å². The quantitative estimate of drug-likeness (QED) is 0.598. The van der Waals surface area contributed by atoms with E-state index >= 15 is 0 Å². The van der Waals surface area contributed by atoms with Crippen molar-refractivity contribution in [3.8, 4) is 0 Å². The van der Waals surface area contributed by atoms with E-state index in [9.17, 15) is 4.21 Å². The van der Waals surface area contributed by atoms with Gasteiger partial charge in [-0.05, 0) is 18.4 Å². The van der Waals surface area contributed by atoms with Crippen LogP contribution in [-0.4, -0.2) is 72.9 Å². The van der Waals surface area contributed by atoms with Crippen LogP contribution in [0.3, 0.4) is 0 Å². The Balaban J connectivity index is 1.43. The van der Waals surface area contributed by atoms with Crippen LogP contribution in [0.5, 0.6) is 0 Å². The predicted octanol–water partition coefficient (Wildman–Crippen LogP) is 1.39. The lowest BCUT2D eigenvalue weighted by molar-refractivity contribution is -0.0816. The van der Waals surface area contributed by atoms with Gasteiger partial charge < -0.3 is 19.7 Å². The molecule has 0 spiro atoms. The highest BCUT2D eigenvalue weighted by molar-refractivity contribution is 7.84. The first-order valence-electron chi connectivity index (χ1n) is 9.34.